The monoisotopic (exact) mass is 415 g/mol. The summed E-state index contributed by atoms with van der Waals surface area (Å²) in [6.45, 7) is 6.23. The van der Waals surface area contributed by atoms with Gasteiger partial charge >= 0.3 is 0 Å². The Bertz CT molecular complexity index is 958. The summed E-state index contributed by atoms with van der Waals surface area (Å²) in [5.41, 5.74) is 4.02. The maximum atomic E-state index is 12.5. The highest BCUT2D eigenvalue weighted by molar-refractivity contribution is 7.92. The van der Waals surface area contributed by atoms with E-state index in [1.54, 1.807) is 12.1 Å². The number of anilines is 2. The number of hydrogen-bond acceptors (Lipinski definition) is 4. The Balaban J connectivity index is 1.56. The maximum Gasteiger partial charge on any atom is 0.240 e. The fourth-order valence-electron chi connectivity index (χ4n) is 3.69. The van der Waals surface area contributed by atoms with Gasteiger partial charge in [0.1, 0.15) is 6.54 Å². The molecule has 6 nitrogen and oxygen atoms in total. The Morgan fingerprint density at radius 2 is 1.83 bits per heavy atom. The van der Waals surface area contributed by atoms with E-state index in [1.807, 2.05) is 31.2 Å². The van der Waals surface area contributed by atoms with Gasteiger partial charge in [-0.1, -0.05) is 35.9 Å². The van der Waals surface area contributed by atoms with Crippen molar-refractivity contribution in [3.8, 4) is 0 Å². The number of hydrogen-bond donors (Lipinski definition) is 1. The van der Waals surface area contributed by atoms with Crippen molar-refractivity contribution >= 4 is 27.3 Å². The number of sulfonamides is 1. The van der Waals surface area contributed by atoms with Crippen molar-refractivity contribution in [2.75, 3.05) is 41.6 Å². The van der Waals surface area contributed by atoms with Crippen LogP contribution in [0.5, 0.6) is 0 Å². The average Bonchev–Trinajstić information content (AvgIpc) is 3.14. The van der Waals surface area contributed by atoms with Crippen LogP contribution in [0.3, 0.4) is 0 Å². The smallest absolute Gasteiger partial charge is 0.240 e. The molecule has 29 heavy (non-hydrogen) atoms. The fraction of sp³-hybridized carbons (Fsp3) is 0.409. The molecular weight excluding hydrogens is 386 g/mol. The van der Waals surface area contributed by atoms with Gasteiger partial charge in [-0.25, -0.2) is 8.42 Å². The van der Waals surface area contributed by atoms with E-state index in [1.165, 1.54) is 11.3 Å². The van der Waals surface area contributed by atoms with Gasteiger partial charge in [0.05, 0.1) is 11.9 Å². The Kier molecular flexibility index (Phi) is 6.47. The number of benzene rings is 2. The minimum absolute atomic E-state index is 0.212. The van der Waals surface area contributed by atoms with Crippen LogP contribution in [0.25, 0.3) is 0 Å². The molecule has 1 amide bonds. The van der Waals surface area contributed by atoms with E-state index < -0.39 is 10.0 Å². The van der Waals surface area contributed by atoms with Crippen LogP contribution in [-0.4, -0.2) is 46.8 Å². The highest BCUT2D eigenvalue weighted by Crippen LogP contribution is 2.26. The molecule has 0 aromatic heterocycles. The van der Waals surface area contributed by atoms with Crippen molar-refractivity contribution in [1.29, 1.82) is 0 Å². The van der Waals surface area contributed by atoms with E-state index in [4.69, 9.17) is 0 Å². The van der Waals surface area contributed by atoms with Gasteiger partial charge in [-0.15, -0.1) is 0 Å². The minimum atomic E-state index is -3.55. The first-order chi connectivity index (χ1) is 13.7. The van der Waals surface area contributed by atoms with E-state index in [0.717, 1.165) is 35.6 Å². The molecule has 0 saturated carbocycles. The fourth-order valence-corrected chi connectivity index (χ4v) is 4.55. The highest BCUT2D eigenvalue weighted by Gasteiger charge is 2.25. The number of carbonyl (C=O) groups excluding carboxylic acids is 1. The largest absolute Gasteiger partial charge is 0.371 e. The second-order valence-corrected chi connectivity index (χ2v) is 9.70. The predicted octanol–water partition coefficient (Wildman–Crippen LogP) is 2.71. The first-order valence-electron chi connectivity index (χ1n) is 9.85. The highest BCUT2D eigenvalue weighted by atomic mass is 32.2. The summed E-state index contributed by atoms with van der Waals surface area (Å²) in [5, 5.41) is 2.92. The maximum absolute atomic E-state index is 12.5. The molecule has 1 heterocycles. The number of amides is 1. The summed E-state index contributed by atoms with van der Waals surface area (Å²) < 4.78 is 25.5. The first-order valence-corrected chi connectivity index (χ1v) is 11.7. The molecular formula is C22H29N3O3S. The second kappa shape index (κ2) is 8.86. The van der Waals surface area contributed by atoms with E-state index in [9.17, 15) is 13.2 Å². The molecule has 0 radical (unpaired) electrons. The predicted molar refractivity (Wildman–Crippen MR) is 118 cm³/mol. The van der Waals surface area contributed by atoms with Crippen LogP contribution < -0.4 is 14.5 Å². The molecule has 0 spiro atoms. The van der Waals surface area contributed by atoms with Crippen LogP contribution in [0, 0.1) is 19.8 Å². The molecule has 1 saturated heterocycles. The molecule has 3 rings (SSSR count). The third-order valence-corrected chi connectivity index (χ3v) is 6.48. The lowest BCUT2D eigenvalue weighted by Gasteiger charge is -2.23. The van der Waals surface area contributed by atoms with Crippen molar-refractivity contribution in [2.24, 2.45) is 5.92 Å². The molecule has 7 heteroatoms. The second-order valence-electron chi connectivity index (χ2n) is 7.80. The van der Waals surface area contributed by atoms with Crippen molar-refractivity contribution in [3.05, 3.63) is 59.7 Å². The molecule has 2 aromatic rings. The number of rotatable bonds is 7. The van der Waals surface area contributed by atoms with Crippen molar-refractivity contribution in [2.45, 2.75) is 20.3 Å². The number of nitrogens with one attached hydrogen (secondary N) is 1. The summed E-state index contributed by atoms with van der Waals surface area (Å²) in [6.07, 6.45) is 2.12. The number of para-hydroxylation sites is 1. The van der Waals surface area contributed by atoms with Crippen LogP contribution in [0.4, 0.5) is 11.4 Å². The zero-order valence-corrected chi connectivity index (χ0v) is 18.1. The number of aryl methyl sites for hydroxylation is 2. The molecule has 1 aliphatic heterocycles. The van der Waals surface area contributed by atoms with E-state index in [-0.39, 0.29) is 12.5 Å². The zero-order chi connectivity index (χ0) is 21.0. The van der Waals surface area contributed by atoms with Crippen LogP contribution in [0.15, 0.2) is 48.5 Å². The van der Waals surface area contributed by atoms with Crippen LogP contribution >= 0.6 is 0 Å². The quantitative estimate of drug-likeness (QED) is 0.755. The van der Waals surface area contributed by atoms with Crippen LogP contribution in [-0.2, 0) is 14.8 Å². The van der Waals surface area contributed by atoms with Gasteiger partial charge in [-0.05, 0) is 49.9 Å². The SMILES string of the molecule is Cc1ccc(N(CC(=O)NCC2CCN(c3ccccc3C)C2)S(C)(=O)=O)cc1. The molecule has 0 bridgehead atoms. The third kappa shape index (κ3) is 5.50. The molecule has 1 fully saturated rings. The molecule has 1 aliphatic rings. The molecule has 156 valence electrons. The van der Waals surface area contributed by atoms with Crippen molar-refractivity contribution in [1.82, 2.24) is 5.32 Å². The van der Waals surface area contributed by atoms with Gasteiger partial charge in [0.2, 0.25) is 15.9 Å². The lowest BCUT2D eigenvalue weighted by molar-refractivity contribution is -0.119. The van der Waals surface area contributed by atoms with Gasteiger partial charge < -0.3 is 10.2 Å². The lowest BCUT2D eigenvalue weighted by Crippen LogP contribution is -2.42. The van der Waals surface area contributed by atoms with E-state index in [2.05, 4.69) is 29.3 Å². The Labute approximate surface area is 173 Å². The average molecular weight is 416 g/mol. The first kappa shape index (κ1) is 21.2. The zero-order valence-electron chi connectivity index (χ0n) is 17.3. The Morgan fingerprint density at radius 1 is 1.14 bits per heavy atom. The molecule has 0 aliphatic carbocycles. The van der Waals surface area contributed by atoms with Gasteiger partial charge in [0, 0.05) is 25.3 Å². The molecule has 1 N–H and O–H groups in total. The van der Waals surface area contributed by atoms with Crippen molar-refractivity contribution < 1.29 is 13.2 Å². The minimum Gasteiger partial charge on any atom is -0.371 e. The number of carbonyl (C=O) groups is 1. The topological polar surface area (TPSA) is 69.7 Å². The summed E-state index contributed by atoms with van der Waals surface area (Å²) in [6, 6.07) is 15.4. The number of nitrogens with zero attached hydrogens (tertiary/aromatic N) is 2. The third-order valence-electron chi connectivity index (χ3n) is 5.34. The van der Waals surface area contributed by atoms with E-state index >= 15 is 0 Å². The molecule has 2 aromatic carbocycles. The normalized spacial score (nSPS) is 16.7. The van der Waals surface area contributed by atoms with Gasteiger partial charge in [-0.2, -0.15) is 0 Å². The molecule has 1 unspecified atom stereocenters. The standard InChI is InChI=1S/C22H29N3O3S/c1-17-8-10-20(11-9-17)25(29(3,27)28)16-22(26)23-14-19-12-13-24(15-19)21-7-5-4-6-18(21)2/h4-11,19H,12-16H2,1-3H3,(H,23,26). The van der Waals surface area contributed by atoms with Gasteiger partial charge in [0.25, 0.3) is 0 Å². The lowest BCUT2D eigenvalue weighted by atomic mass is 10.1. The Hall–Kier alpha value is -2.54. The molecule has 1 atom stereocenters. The van der Waals surface area contributed by atoms with Gasteiger partial charge in [0.15, 0.2) is 0 Å². The summed E-state index contributed by atoms with van der Waals surface area (Å²) in [5.74, 6) is 0.0648. The van der Waals surface area contributed by atoms with Crippen LogP contribution in [0.1, 0.15) is 17.5 Å². The van der Waals surface area contributed by atoms with Crippen molar-refractivity contribution in [3.63, 3.8) is 0 Å². The Morgan fingerprint density at radius 3 is 2.48 bits per heavy atom. The van der Waals surface area contributed by atoms with Gasteiger partial charge in [-0.3, -0.25) is 9.10 Å². The summed E-state index contributed by atoms with van der Waals surface area (Å²) in [7, 11) is -3.55. The van der Waals surface area contributed by atoms with E-state index in [0.29, 0.717) is 18.2 Å². The van der Waals surface area contributed by atoms with Crippen LogP contribution in [0.2, 0.25) is 0 Å². The summed E-state index contributed by atoms with van der Waals surface area (Å²) >= 11 is 0. The summed E-state index contributed by atoms with van der Waals surface area (Å²) in [4.78, 5) is 14.8.